The van der Waals surface area contributed by atoms with Crippen molar-refractivity contribution in [3.63, 3.8) is 0 Å². The average Bonchev–Trinajstić information content (AvgIpc) is 2.16. The second-order valence-corrected chi connectivity index (χ2v) is 4.22. The van der Waals surface area contributed by atoms with Gasteiger partial charge in [-0.25, -0.2) is 8.42 Å². The zero-order chi connectivity index (χ0) is 13.5. The molecule has 9 nitrogen and oxygen atoms in total. The standard InChI is InChI=1S/C7H16N4O.H2O4S/c8-7(9)11-3-1-10(2-4-11)5-6-12;1-5(2,3)4/h12H,1-6H2,(H3,8,9);(H2,1,2,3,4)/p-1. The third-order valence-corrected chi connectivity index (χ3v) is 2.13. The summed E-state index contributed by atoms with van der Waals surface area (Å²) in [7, 11) is -4.92. The highest BCUT2D eigenvalue weighted by Crippen LogP contribution is 1.99. The van der Waals surface area contributed by atoms with Crippen LogP contribution in [0.3, 0.4) is 0 Å². The van der Waals surface area contributed by atoms with Gasteiger partial charge in [-0.2, -0.15) is 0 Å². The monoisotopic (exact) mass is 269 g/mol. The predicted molar refractivity (Wildman–Crippen MR) is 59.3 cm³/mol. The average molecular weight is 269 g/mol. The fraction of sp³-hybridized carbons (Fsp3) is 0.857. The first kappa shape index (κ1) is 16.1. The molecule has 1 aliphatic rings. The van der Waals surface area contributed by atoms with Crippen molar-refractivity contribution >= 4 is 16.4 Å². The number of rotatable bonds is 2. The van der Waals surface area contributed by atoms with Gasteiger partial charge in [-0.15, -0.1) is 0 Å². The normalized spacial score (nSPS) is 17.2. The maximum atomic E-state index is 8.67. The predicted octanol–water partition coefficient (Wildman–Crippen LogP) is -2.51. The summed E-state index contributed by atoms with van der Waals surface area (Å²) in [5.41, 5.74) is 5.33. The number of aliphatic hydroxyl groups is 1. The van der Waals surface area contributed by atoms with E-state index in [2.05, 4.69) is 4.90 Å². The van der Waals surface area contributed by atoms with Gasteiger partial charge in [0.05, 0.1) is 6.61 Å². The van der Waals surface area contributed by atoms with Crippen LogP contribution in [0.1, 0.15) is 0 Å². The summed E-state index contributed by atoms with van der Waals surface area (Å²) in [4.78, 5) is 4.01. The molecule has 1 rings (SSSR count). The van der Waals surface area contributed by atoms with E-state index in [1.54, 1.807) is 0 Å². The lowest BCUT2D eigenvalue weighted by molar-refractivity contribution is 0.146. The number of nitrogens with one attached hydrogen (secondary N) is 1. The molecule has 0 aromatic carbocycles. The molecule has 0 bridgehead atoms. The summed E-state index contributed by atoms with van der Waals surface area (Å²) in [5, 5.41) is 15.9. The number of guanidine groups is 1. The molecule has 0 radical (unpaired) electrons. The molecule has 1 aliphatic heterocycles. The first-order chi connectivity index (χ1) is 7.74. The zero-order valence-electron chi connectivity index (χ0n) is 9.24. The van der Waals surface area contributed by atoms with Gasteiger partial charge in [0, 0.05) is 32.7 Å². The van der Waals surface area contributed by atoms with Crippen LogP contribution >= 0.6 is 0 Å². The second kappa shape index (κ2) is 7.40. The molecule has 102 valence electrons. The van der Waals surface area contributed by atoms with E-state index in [0.29, 0.717) is 0 Å². The Labute approximate surface area is 99.9 Å². The van der Waals surface area contributed by atoms with Crippen LogP contribution in [0.15, 0.2) is 0 Å². The van der Waals surface area contributed by atoms with E-state index in [1.165, 1.54) is 0 Å². The number of aliphatic hydroxyl groups excluding tert-OH is 1. The minimum Gasteiger partial charge on any atom is -0.726 e. The maximum Gasteiger partial charge on any atom is 0.215 e. The van der Waals surface area contributed by atoms with Crippen molar-refractivity contribution in [3.05, 3.63) is 0 Å². The molecule has 0 spiro atoms. The topological polar surface area (TPSA) is 154 Å². The van der Waals surface area contributed by atoms with Crippen LogP contribution in [-0.2, 0) is 10.4 Å². The molecule has 0 saturated carbocycles. The Morgan fingerprint density at radius 2 is 1.76 bits per heavy atom. The Hall–Kier alpha value is -0.940. The van der Waals surface area contributed by atoms with Crippen molar-refractivity contribution in [1.29, 1.82) is 5.41 Å². The number of β-amino-alcohol motifs (C(OH)–C–C–N with tert-alkyl or cyclic N) is 1. The molecule has 1 saturated heterocycles. The quantitative estimate of drug-likeness (QED) is 0.185. The largest absolute Gasteiger partial charge is 0.726 e. The van der Waals surface area contributed by atoms with Crippen LogP contribution in [0.4, 0.5) is 0 Å². The summed E-state index contributed by atoms with van der Waals surface area (Å²) < 4.78 is 32.8. The molecule has 0 aromatic heterocycles. The van der Waals surface area contributed by atoms with Gasteiger partial charge in [0.25, 0.3) is 0 Å². The van der Waals surface area contributed by atoms with E-state index in [0.717, 1.165) is 32.7 Å². The van der Waals surface area contributed by atoms with E-state index in [9.17, 15) is 0 Å². The Morgan fingerprint density at radius 3 is 2.06 bits per heavy atom. The molecule has 0 aromatic rings. The van der Waals surface area contributed by atoms with Gasteiger partial charge in [0.1, 0.15) is 0 Å². The van der Waals surface area contributed by atoms with Gasteiger partial charge in [-0.3, -0.25) is 14.9 Å². The fourth-order valence-electron chi connectivity index (χ4n) is 1.35. The van der Waals surface area contributed by atoms with Crippen LogP contribution in [0.25, 0.3) is 0 Å². The molecule has 1 fully saturated rings. The van der Waals surface area contributed by atoms with E-state index >= 15 is 0 Å². The molecule has 17 heavy (non-hydrogen) atoms. The summed E-state index contributed by atoms with van der Waals surface area (Å²) in [6.07, 6.45) is 0. The highest BCUT2D eigenvalue weighted by molar-refractivity contribution is 7.79. The molecular weight excluding hydrogens is 252 g/mol. The molecule has 0 aliphatic carbocycles. The molecule has 5 N–H and O–H groups in total. The summed E-state index contributed by atoms with van der Waals surface area (Å²) in [5.74, 6) is 0.152. The van der Waals surface area contributed by atoms with Gasteiger partial charge in [-0.05, 0) is 0 Å². The third kappa shape index (κ3) is 9.96. The van der Waals surface area contributed by atoms with Gasteiger partial charge < -0.3 is 20.3 Å². The van der Waals surface area contributed by atoms with E-state index in [1.807, 2.05) is 4.90 Å². The number of piperazine rings is 1. The van der Waals surface area contributed by atoms with Crippen molar-refractivity contribution in [3.8, 4) is 0 Å². The maximum absolute atomic E-state index is 8.67. The SMILES string of the molecule is N=C(N)N1CCN(CCO)CC1.O=S(=O)([O-])O. The highest BCUT2D eigenvalue weighted by atomic mass is 32.3. The summed E-state index contributed by atoms with van der Waals surface area (Å²) in [6, 6.07) is 0. The molecule has 0 atom stereocenters. The summed E-state index contributed by atoms with van der Waals surface area (Å²) >= 11 is 0. The first-order valence-electron chi connectivity index (χ1n) is 4.84. The molecule has 0 unspecified atom stereocenters. The smallest absolute Gasteiger partial charge is 0.215 e. The summed E-state index contributed by atoms with van der Waals surface area (Å²) in [6.45, 7) is 4.32. The van der Waals surface area contributed by atoms with E-state index in [4.69, 9.17) is 33.8 Å². The minimum atomic E-state index is -4.92. The first-order valence-corrected chi connectivity index (χ1v) is 6.21. The molecular formula is C7H17N4O5S-. The minimum absolute atomic E-state index is 0.152. The van der Waals surface area contributed by atoms with Gasteiger partial charge in [-0.1, -0.05) is 0 Å². The van der Waals surface area contributed by atoms with Gasteiger partial charge in [0.2, 0.25) is 10.4 Å². The van der Waals surface area contributed by atoms with Gasteiger partial charge in [0.15, 0.2) is 5.96 Å². The second-order valence-electron chi connectivity index (χ2n) is 3.37. The Balaban J connectivity index is 0.000000437. The third-order valence-electron chi connectivity index (χ3n) is 2.13. The Bertz CT molecular complexity index is 317. The molecule has 1 heterocycles. The highest BCUT2D eigenvalue weighted by Gasteiger charge is 2.16. The lowest BCUT2D eigenvalue weighted by atomic mass is 10.3. The zero-order valence-corrected chi connectivity index (χ0v) is 10.1. The van der Waals surface area contributed by atoms with Crippen molar-refractivity contribution < 1.29 is 22.6 Å². The molecule has 0 amide bonds. The van der Waals surface area contributed by atoms with E-state index in [-0.39, 0.29) is 12.6 Å². The van der Waals surface area contributed by atoms with Crippen LogP contribution in [0, 0.1) is 5.41 Å². The van der Waals surface area contributed by atoms with Crippen molar-refractivity contribution in [2.45, 2.75) is 0 Å². The van der Waals surface area contributed by atoms with Crippen molar-refractivity contribution in [1.82, 2.24) is 9.80 Å². The lowest BCUT2D eigenvalue weighted by Gasteiger charge is -2.34. The van der Waals surface area contributed by atoms with Crippen LogP contribution in [-0.4, -0.2) is 77.7 Å². The molecule has 10 heteroatoms. The van der Waals surface area contributed by atoms with Gasteiger partial charge >= 0.3 is 0 Å². The number of hydrogen-bond donors (Lipinski definition) is 4. The van der Waals surface area contributed by atoms with E-state index < -0.39 is 10.4 Å². The fourth-order valence-corrected chi connectivity index (χ4v) is 1.35. The lowest BCUT2D eigenvalue weighted by Crippen LogP contribution is -2.51. The van der Waals surface area contributed by atoms with Crippen LogP contribution in [0.5, 0.6) is 0 Å². The Morgan fingerprint density at radius 1 is 1.35 bits per heavy atom. The van der Waals surface area contributed by atoms with Crippen molar-refractivity contribution in [2.24, 2.45) is 5.73 Å². The van der Waals surface area contributed by atoms with Crippen molar-refractivity contribution in [2.75, 3.05) is 39.3 Å². The van der Waals surface area contributed by atoms with Crippen LogP contribution < -0.4 is 5.73 Å². The Kier molecular flexibility index (Phi) is 6.99. The number of nitrogens with two attached hydrogens (primary N) is 1. The number of hydrogen-bond acceptors (Lipinski definition) is 6. The van der Waals surface area contributed by atoms with Crippen LogP contribution in [0.2, 0.25) is 0 Å². The number of nitrogens with zero attached hydrogens (tertiary/aromatic N) is 2.